The molecule has 44 heavy (non-hydrogen) atoms. The number of carboxylic acids is 1. The number of benzene rings is 1. The van der Waals surface area contributed by atoms with Crippen LogP contribution in [0.4, 0.5) is 4.79 Å². The van der Waals surface area contributed by atoms with E-state index >= 15 is 0 Å². The second-order valence-electron chi connectivity index (χ2n) is 13.2. The Bertz CT molecular complexity index is 1220. The standard InChI is InChI=1S/C31H45N3O10/c1-18(2)24(26(38)39)33-27(40)31(16-20(31)14-22(35)43-29(3,4)5)34-25(37)21(15-23(36)44-30(6,7)8)32-28(41)42-17-19-12-10-9-11-13-19/h9-13,18,20-21,24H,14-17H2,1-8H3,(H,32,41)(H,33,40)(H,34,37)(H,38,39)/t20?,21-,24-,31?/m0/s1. The van der Waals surface area contributed by atoms with Crippen LogP contribution in [0.3, 0.4) is 0 Å². The highest BCUT2D eigenvalue weighted by atomic mass is 16.6. The Morgan fingerprint density at radius 2 is 1.48 bits per heavy atom. The first-order chi connectivity index (χ1) is 20.2. The average molecular weight is 620 g/mol. The molecule has 0 heterocycles. The Hall–Kier alpha value is -4.16. The van der Waals surface area contributed by atoms with Gasteiger partial charge in [-0.1, -0.05) is 44.2 Å². The van der Waals surface area contributed by atoms with Crippen molar-refractivity contribution < 1.29 is 48.1 Å². The average Bonchev–Trinajstić information content (AvgIpc) is 3.55. The molecule has 0 spiro atoms. The first-order valence-electron chi connectivity index (χ1n) is 14.5. The maximum Gasteiger partial charge on any atom is 0.408 e. The number of carbonyl (C=O) groups is 6. The molecule has 1 aliphatic rings. The summed E-state index contributed by atoms with van der Waals surface area (Å²) in [6, 6.07) is 5.99. The number of hydrogen-bond acceptors (Lipinski definition) is 9. The molecule has 1 saturated carbocycles. The number of alkyl carbamates (subject to hydrolysis) is 1. The fourth-order valence-electron chi connectivity index (χ4n) is 4.41. The molecule has 0 saturated heterocycles. The van der Waals surface area contributed by atoms with Crippen LogP contribution < -0.4 is 16.0 Å². The minimum atomic E-state index is -1.70. The zero-order chi connectivity index (χ0) is 33.5. The van der Waals surface area contributed by atoms with Gasteiger partial charge in [-0.05, 0) is 59.4 Å². The van der Waals surface area contributed by atoms with E-state index in [-0.39, 0.29) is 19.4 Å². The molecular formula is C31H45N3O10. The lowest BCUT2D eigenvalue weighted by atomic mass is 10.0. The Morgan fingerprint density at radius 3 is 2.00 bits per heavy atom. The van der Waals surface area contributed by atoms with E-state index in [2.05, 4.69) is 16.0 Å². The Balaban J connectivity index is 2.30. The number of ether oxygens (including phenoxy) is 3. The molecule has 0 aliphatic heterocycles. The van der Waals surface area contributed by atoms with Crippen molar-refractivity contribution in [1.29, 1.82) is 0 Å². The molecule has 2 rings (SSSR count). The van der Waals surface area contributed by atoms with E-state index in [4.69, 9.17) is 14.2 Å². The summed E-state index contributed by atoms with van der Waals surface area (Å²) >= 11 is 0. The molecule has 4 atom stereocenters. The third kappa shape index (κ3) is 11.5. The smallest absolute Gasteiger partial charge is 0.408 e. The largest absolute Gasteiger partial charge is 0.480 e. The lowest BCUT2D eigenvalue weighted by Crippen LogP contribution is -2.59. The number of amides is 3. The van der Waals surface area contributed by atoms with Crippen LogP contribution >= 0.6 is 0 Å². The van der Waals surface area contributed by atoms with Crippen molar-refractivity contribution in [3.63, 3.8) is 0 Å². The van der Waals surface area contributed by atoms with Gasteiger partial charge in [0.25, 0.3) is 0 Å². The zero-order valence-electron chi connectivity index (χ0n) is 26.6. The molecule has 13 heteroatoms. The van der Waals surface area contributed by atoms with Crippen molar-refractivity contribution in [2.24, 2.45) is 11.8 Å². The van der Waals surface area contributed by atoms with Crippen LogP contribution in [0.2, 0.25) is 0 Å². The Morgan fingerprint density at radius 1 is 0.909 bits per heavy atom. The topological polar surface area (TPSA) is 186 Å². The van der Waals surface area contributed by atoms with Gasteiger partial charge >= 0.3 is 24.0 Å². The van der Waals surface area contributed by atoms with Gasteiger partial charge < -0.3 is 35.3 Å². The Labute approximate surface area is 257 Å². The van der Waals surface area contributed by atoms with E-state index in [1.54, 1.807) is 85.7 Å². The van der Waals surface area contributed by atoms with E-state index in [9.17, 15) is 33.9 Å². The predicted octanol–water partition coefficient (Wildman–Crippen LogP) is 2.85. The molecule has 1 aromatic carbocycles. The number of hydrogen-bond donors (Lipinski definition) is 4. The third-order valence-corrected chi connectivity index (χ3v) is 6.52. The summed E-state index contributed by atoms with van der Waals surface area (Å²) in [5, 5.41) is 17.0. The molecule has 1 fully saturated rings. The fraction of sp³-hybridized carbons (Fsp3) is 0.613. The van der Waals surface area contributed by atoms with Gasteiger partial charge in [-0.15, -0.1) is 0 Å². The monoisotopic (exact) mass is 619 g/mol. The van der Waals surface area contributed by atoms with Crippen molar-refractivity contribution >= 4 is 35.8 Å². The maximum atomic E-state index is 13.6. The van der Waals surface area contributed by atoms with Gasteiger partial charge in [-0.25, -0.2) is 9.59 Å². The summed E-state index contributed by atoms with van der Waals surface area (Å²) in [4.78, 5) is 76.9. The minimum absolute atomic E-state index is 0.00807. The highest BCUT2D eigenvalue weighted by Gasteiger charge is 2.62. The maximum absolute atomic E-state index is 13.6. The van der Waals surface area contributed by atoms with Gasteiger partial charge in [0.05, 0.1) is 12.8 Å². The molecule has 4 N–H and O–H groups in total. The summed E-state index contributed by atoms with van der Waals surface area (Å²) in [6.45, 7) is 13.1. The minimum Gasteiger partial charge on any atom is -0.480 e. The quantitative estimate of drug-likeness (QED) is 0.189. The first-order valence-corrected chi connectivity index (χ1v) is 14.5. The van der Waals surface area contributed by atoms with E-state index < -0.39 is 82.9 Å². The highest BCUT2D eigenvalue weighted by Crippen LogP contribution is 2.47. The number of carbonyl (C=O) groups excluding carboxylic acids is 5. The molecule has 3 amide bonds. The third-order valence-electron chi connectivity index (χ3n) is 6.52. The molecular weight excluding hydrogens is 574 g/mol. The van der Waals surface area contributed by atoms with Gasteiger partial charge in [0.2, 0.25) is 11.8 Å². The molecule has 0 radical (unpaired) electrons. The summed E-state index contributed by atoms with van der Waals surface area (Å²) < 4.78 is 15.9. The van der Waals surface area contributed by atoms with E-state index in [0.717, 1.165) is 0 Å². The van der Waals surface area contributed by atoms with Crippen molar-refractivity contribution in [2.45, 2.75) is 110 Å². The van der Waals surface area contributed by atoms with Crippen molar-refractivity contribution in [3.8, 4) is 0 Å². The lowest BCUT2D eigenvalue weighted by molar-refractivity contribution is -0.156. The number of esters is 2. The molecule has 0 aromatic heterocycles. The fourth-order valence-corrected chi connectivity index (χ4v) is 4.41. The summed E-state index contributed by atoms with van der Waals surface area (Å²) in [5.41, 5.74) is -2.69. The molecule has 0 bridgehead atoms. The van der Waals surface area contributed by atoms with Crippen LogP contribution in [0.5, 0.6) is 0 Å². The number of nitrogens with one attached hydrogen (secondary N) is 3. The van der Waals surface area contributed by atoms with Crippen LogP contribution in [0.1, 0.15) is 80.2 Å². The normalized spacial score (nSPS) is 19.2. The van der Waals surface area contributed by atoms with Crippen LogP contribution in [0, 0.1) is 11.8 Å². The summed E-state index contributed by atoms with van der Waals surface area (Å²) in [6.07, 6.45) is -1.84. The van der Waals surface area contributed by atoms with Gasteiger partial charge in [0, 0.05) is 5.92 Å². The predicted molar refractivity (Wildman–Crippen MR) is 158 cm³/mol. The second kappa shape index (κ2) is 14.5. The highest BCUT2D eigenvalue weighted by molar-refractivity contribution is 5.99. The molecule has 1 aliphatic carbocycles. The molecule has 2 unspecified atom stereocenters. The van der Waals surface area contributed by atoms with Crippen LogP contribution in [0.15, 0.2) is 30.3 Å². The van der Waals surface area contributed by atoms with Crippen LogP contribution in [-0.2, 0) is 44.8 Å². The van der Waals surface area contributed by atoms with Gasteiger partial charge in [-0.3, -0.25) is 19.2 Å². The summed E-state index contributed by atoms with van der Waals surface area (Å²) in [7, 11) is 0. The first kappa shape index (κ1) is 36.0. The van der Waals surface area contributed by atoms with Crippen molar-refractivity contribution in [1.82, 2.24) is 16.0 Å². The number of carboxylic acid groups (broad SMARTS) is 1. The Kier molecular flexibility index (Phi) is 11.9. The number of aliphatic carboxylic acids is 1. The molecule has 244 valence electrons. The zero-order valence-corrected chi connectivity index (χ0v) is 26.6. The van der Waals surface area contributed by atoms with Crippen LogP contribution in [0.25, 0.3) is 0 Å². The molecule has 13 nitrogen and oxygen atoms in total. The van der Waals surface area contributed by atoms with E-state index in [0.29, 0.717) is 5.56 Å². The second-order valence-corrected chi connectivity index (χ2v) is 13.2. The van der Waals surface area contributed by atoms with E-state index in [1.807, 2.05) is 0 Å². The molecule has 1 aromatic rings. The van der Waals surface area contributed by atoms with Gasteiger partial charge in [0.1, 0.15) is 35.4 Å². The van der Waals surface area contributed by atoms with Gasteiger partial charge in [-0.2, -0.15) is 0 Å². The van der Waals surface area contributed by atoms with Crippen LogP contribution in [-0.4, -0.2) is 69.7 Å². The summed E-state index contributed by atoms with van der Waals surface area (Å²) in [5.74, 6) is -5.66. The lowest BCUT2D eigenvalue weighted by Gasteiger charge is -2.27. The number of rotatable bonds is 13. The van der Waals surface area contributed by atoms with Crippen molar-refractivity contribution in [2.75, 3.05) is 0 Å². The van der Waals surface area contributed by atoms with Gasteiger partial charge in [0.15, 0.2) is 0 Å². The van der Waals surface area contributed by atoms with Crippen molar-refractivity contribution in [3.05, 3.63) is 35.9 Å². The SMILES string of the molecule is CC(C)[C@H](NC(=O)C1(NC(=O)[C@H](CC(=O)OC(C)(C)C)NC(=O)OCc2ccccc2)CC1CC(=O)OC(C)(C)C)C(=O)O. The van der Waals surface area contributed by atoms with E-state index in [1.165, 1.54) is 0 Å².